The van der Waals surface area contributed by atoms with Gasteiger partial charge >= 0.3 is 0 Å². The summed E-state index contributed by atoms with van der Waals surface area (Å²) in [7, 11) is 0. The van der Waals surface area contributed by atoms with E-state index in [0.717, 1.165) is 16.3 Å². The lowest BCUT2D eigenvalue weighted by Crippen LogP contribution is -2.04. The summed E-state index contributed by atoms with van der Waals surface area (Å²) in [5.41, 5.74) is 1.38. The van der Waals surface area contributed by atoms with Crippen LogP contribution in [0.5, 0.6) is 0 Å². The molecule has 0 radical (unpaired) electrons. The minimum Gasteiger partial charge on any atom is -0.294 e. The van der Waals surface area contributed by atoms with Crippen molar-refractivity contribution in [1.82, 2.24) is 0 Å². The molecule has 0 unspecified atom stereocenters. The first kappa shape index (κ1) is 13.8. The van der Waals surface area contributed by atoms with Gasteiger partial charge in [0.1, 0.15) is 5.82 Å². The van der Waals surface area contributed by atoms with E-state index in [1.807, 2.05) is 42.5 Å². The van der Waals surface area contributed by atoms with Crippen LogP contribution in [0.3, 0.4) is 0 Å². The number of benzene rings is 3. The molecule has 0 fully saturated rings. The van der Waals surface area contributed by atoms with Crippen molar-refractivity contribution in [2.75, 3.05) is 0 Å². The molecule has 0 aliphatic rings. The Balaban J connectivity index is 1.94. The standard InChI is InChI=1S/C18H12ClFO/c19-16-10-14(8-9-17(16)20)18(21)11-13-6-3-5-12-4-1-2-7-15(12)13/h1-10H,11H2. The highest BCUT2D eigenvalue weighted by Crippen LogP contribution is 2.22. The van der Waals surface area contributed by atoms with Crippen LogP contribution in [0.25, 0.3) is 10.8 Å². The van der Waals surface area contributed by atoms with Gasteiger partial charge in [-0.3, -0.25) is 4.79 Å². The maximum Gasteiger partial charge on any atom is 0.167 e. The largest absolute Gasteiger partial charge is 0.294 e. The zero-order valence-electron chi connectivity index (χ0n) is 11.1. The lowest BCUT2D eigenvalue weighted by atomic mass is 9.98. The van der Waals surface area contributed by atoms with Gasteiger partial charge in [-0.1, -0.05) is 54.1 Å². The Hall–Kier alpha value is -2.19. The van der Waals surface area contributed by atoms with Gasteiger partial charge in [0, 0.05) is 12.0 Å². The molecule has 0 bridgehead atoms. The van der Waals surface area contributed by atoms with Crippen molar-refractivity contribution < 1.29 is 9.18 Å². The molecule has 3 rings (SSSR count). The maximum absolute atomic E-state index is 13.2. The van der Waals surface area contributed by atoms with E-state index < -0.39 is 5.82 Å². The zero-order chi connectivity index (χ0) is 14.8. The second-order valence-electron chi connectivity index (χ2n) is 4.87. The lowest BCUT2D eigenvalue weighted by Gasteiger charge is -2.06. The Morgan fingerprint density at radius 1 is 1.00 bits per heavy atom. The van der Waals surface area contributed by atoms with E-state index in [1.54, 1.807) is 0 Å². The Morgan fingerprint density at radius 3 is 2.57 bits per heavy atom. The fourth-order valence-corrected chi connectivity index (χ4v) is 2.57. The fourth-order valence-electron chi connectivity index (χ4n) is 2.39. The first-order valence-corrected chi connectivity index (χ1v) is 6.98. The van der Waals surface area contributed by atoms with Gasteiger partial charge in [0.15, 0.2) is 5.78 Å². The minimum atomic E-state index is -0.515. The van der Waals surface area contributed by atoms with Crippen LogP contribution in [0.2, 0.25) is 5.02 Å². The molecule has 0 aliphatic heterocycles. The van der Waals surface area contributed by atoms with Gasteiger partial charge in [0.25, 0.3) is 0 Å². The van der Waals surface area contributed by atoms with Gasteiger partial charge < -0.3 is 0 Å². The van der Waals surface area contributed by atoms with E-state index in [4.69, 9.17) is 11.6 Å². The second kappa shape index (κ2) is 5.66. The first-order valence-electron chi connectivity index (χ1n) is 6.60. The molecule has 0 N–H and O–H groups in total. The van der Waals surface area contributed by atoms with E-state index in [0.29, 0.717) is 5.56 Å². The number of hydrogen-bond donors (Lipinski definition) is 0. The SMILES string of the molecule is O=C(Cc1cccc2ccccc12)c1ccc(F)c(Cl)c1. The average Bonchev–Trinajstić information content (AvgIpc) is 2.50. The molecule has 0 spiro atoms. The highest BCUT2D eigenvalue weighted by molar-refractivity contribution is 6.31. The molecular weight excluding hydrogens is 287 g/mol. The number of carbonyl (C=O) groups is 1. The number of carbonyl (C=O) groups excluding carboxylic acids is 1. The lowest BCUT2D eigenvalue weighted by molar-refractivity contribution is 0.0993. The zero-order valence-corrected chi connectivity index (χ0v) is 11.9. The van der Waals surface area contributed by atoms with E-state index in [9.17, 15) is 9.18 Å². The van der Waals surface area contributed by atoms with Crippen LogP contribution in [0.4, 0.5) is 4.39 Å². The third-order valence-electron chi connectivity index (χ3n) is 3.47. The first-order chi connectivity index (χ1) is 10.1. The summed E-state index contributed by atoms with van der Waals surface area (Å²) in [5.74, 6) is -0.591. The highest BCUT2D eigenvalue weighted by atomic mass is 35.5. The van der Waals surface area contributed by atoms with Gasteiger partial charge in [0.2, 0.25) is 0 Å². The van der Waals surface area contributed by atoms with Crippen molar-refractivity contribution in [2.45, 2.75) is 6.42 Å². The molecule has 0 saturated carbocycles. The summed E-state index contributed by atoms with van der Waals surface area (Å²) in [6.45, 7) is 0. The number of fused-ring (bicyclic) bond motifs is 1. The quantitative estimate of drug-likeness (QED) is 0.618. The molecule has 0 amide bonds. The van der Waals surface area contributed by atoms with Crippen LogP contribution in [0, 0.1) is 5.82 Å². The smallest absolute Gasteiger partial charge is 0.167 e. The Kier molecular flexibility index (Phi) is 3.72. The van der Waals surface area contributed by atoms with Crippen molar-refractivity contribution in [3.05, 3.63) is 82.6 Å². The molecule has 3 aromatic rings. The van der Waals surface area contributed by atoms with Gasteiger partial charge in [-0.25, -0.2) is 4.39 Å². The molecular formula is C18H12ClFO. The molecule has 0 saturated heterocycles. The topological polar surface area (TPSA) is 17.1 Å². The van der Waals surface area contributed by atoms with Crippen LogP contribution in [-0.4, -0.2) is 5.78 Å². The van der Waals surface area contributed by atoms with Crippen LogP contribution in [0.15, 0.2) is 60.7 Å². The summed E-state index contributed by atoms with van der Waals surface area (Å²) in [6.07, 6.45) is 0.267. The average molecular weight is 299 g/mol. The van der Waals surface area contributed by atoms with Gasteiger partial charge in [0.05, 0.1) is 5.02 Å². The van der Waals surface area contributed by atoms with Crippen molar-refractivity contribution in [3.8, 4) is 0 Å². The van der Waals surface area contributed by atoms with Crippen LogP contribution in [-0.2, 0) is 6.42 Å². The van der Waals surface area contributed by atoms with Crippen molar-refractivity contribution in [2.24, 2.45) is 0 Å². The number of hydrogen-bond acceptors (Lipinski definition) is 1. The number of rotatable bonds is 3. The molecule has 21 heavy (non-hydrogen) atoms. The number of Topliss-reactive ketones (excluding diaryl/α,β-unsaturated/α-hetero) is 1. The van der Waals surface area contributed by atoms with Crippen molar-refractivity contribution in [1.29, 1.82) is 0 Å². The number of ketones is 1. The van der Waals surface area contributed by atoms with E-state index in [2.05, 4.69) is 0 Å². The van der Waals surface area contributed by atoms with Gasteiger partial charge in [-0.2, -0.15) is 0 Å². The molecule has 3 heteroatoms. The number of halogens is 2. The monoisotopic (exact) mass is 298 g/mol. The summed E-state index contributed by atoms with van der Waals surface area (Å²) in [6, 6.07) is 17.9. The van der Waals surface area contributed by atoms with E-state index in [-0.39, 0.29) is 17.2 Å². The normalized spacial score (nSPS) is 10.8. The van der Waals surface area contributed by atoms with Crippen molar-refractivity contribution >= 4 is 28.2 Å². The summed E-state index contributed by atoms with van der Waals surface area (Å²) < 4.78 is 13.2. The molecule has 1 nitrogen and oxygen atoms in total. The van der Waals surface area contributed by atoms with Crippen molar-refractivity contribution in [3.63, 3.8) is 0 Å². The minimum absolute atomic E-state index is 0.0289. The van der Waals surface area contributed by atoms with Crippen LogP contribution in [0.1, 0.15) is 15.9 Å². The highest BCUT2D eigenvalue weighted by Gasteiger charge is 2.11. The summed E-state index contributed by atoms with van der Waals surface area (Å²) >= 11 is 5.73. The Bertz CT molecular complexity index is 821. The predicted octanol–water partition coefficient (Wildman–Crippen LogP) is 5.06. The van der Waals surface area contributed by atoms with Crippen LogP contribution < -0.4 is 0 Å². The second-order valence-corrected chi connectivity index (χ2v) is 5.27. The predicted molar refractivity (Wildman–Crippen MR) is 83.4 cm³/mol. The third kappa shape index (κ3) is 2.81. The molecule has 0 atom stereocenters. The summed E-state index contributed by atoms with van der Waals surface area (Å²) in [4.78, 5) is 12.3. The fraction of sp³-hybridized carbons (Fsp3) is 0.0556. The summed E-state index contributed by atoms with van der Waals surface area (Å²) in [5, 5.41) is 2.13. The molecule has 0 heterocycles. The van der Waals surface area contributed by atoms with Gasteiger partial charge in [-0.05, 0) is 34.5 Å². The third-order valence-corrected chi connectivity index (χ3v) is 3.76. The van der Waals surface area contributed by atoms with E-state index in [1.165, 1.54) is 18.2 Å². The van der Waals surface area contributed by atoms with E-state index >= 15 is 0 Å². The maximum atomic E-state index is 13.2. The Morgan fingerprint density at radius 2 is 1.76 bits per heavy atom. The molecule has 3 aromatic carbocycles. The van der Waals surface area contributed by atoms with Crippen LogP contribution >= 0.6 is 11.6 Å². The molecule has 104 valence electrons. The van der Waals surface area contributed by atoms with Gasteiger partial charge in [-0.15, -0.1) is 0 Å². The Labute approximate surface area is 127 Å². The molecule has 0 aromatic heterocycles. The molecule has 0 aliphatic carbocycles.